The highest BCUT2D eigenvalue weighted by atomic mass is 16.5. The lowest BCUT2D eigenvalue weighted by molar-refractivity contribution is -0.134. The van der Waals surface area contributed by atoms with Crippen molar-refractivity contribution in [1.29, 1.82) is 0 Å². The van der Waals surface area contributed by atoms with E-state index < -0.39 is 6.10 Å². The third kappa shape index (κ3) is 3.27. The van der Waals surface area contributed by atoms with Gasteiger partial charge < -0.3 is 9.53 Å². The first-order chi connectivity index (χ1) is 6.24. The molecule has 3 heteroatoms. The fraction of sp³-hybridized carbons (Fsp3) is 0.800. The van der Waals surface area contributed by atoms with Crippen molar-refractivity contribution in [2.45, 2.75) is 51.2 Å². The monoisotopic (exact) mass is 184 g/mol. The molecule has 1 aliphatic rings. The molecule has 0 heterocycles. The van der Waals surface area contributed by atoms with Crippen molar-refractivity contribution >= 4 is 12.1 Å². The van der Waals surface area contributed by atoms with Crippen LogP contribution in [-0.4, -0.2) is 24.3 Å². The highest BCUT2D eigenvalue weighted by Gasteiger charge is 2.22. The molecule has 0 aromatic carbocycles. The molecular weight excluding hydrogens is 168 g/mol. The van der Waals surface area contributed by atoms with Gasteiger partial charge in [0.05, 0.1) is 6.10 Å². The minimum atomic E-state index is -0.499. The van der Waals surface area contributed by atoms with Crippen LogP contribution in [0.5, 0.6) is 0 Å². The first-order valence-electron chi connectivity index (χ1n) is 4.83. The summed E-state index contributed by atoms with van der Waals surface area (Å²) in [6, 6.07) is 0. The van der Waals surface area contributed by atoms with E-state index in [1.54, 1.807) is 0 Å². The number of carbonyl (C=O) groups is 2. The summed E-state index contributed by atoms with van der Waals surface area (Å²) in [4.78, 5) is 21.3. The maximum Gasteiger partial charge on any atom is 0.158 e. The molecule has 13 heavy (non-hydrogen) atoms. The van der Waals surface area contributed by atoms with Gasteiger partial charge in [0.25, 0.3) is 0 Å². The second-order valence-electron chi connectivity index (χ2n) is 3.54. The third-order valence-electron chi connectivity index (χ3n) is 2.42. The van der Waals surface area contributed by atoms with E-state index in [9.17, 15) is 9.59 Å². The van der Waals surface area contributed by atoms with Crippen LogP contribution in [0.2, 0.25) is 0 Å². The van der Waals surface area contributed by atoms with Gasteiger partial charge in [-0.2, -0.15) is 0 Å². The molecular formula is C10H16O3. The first kappa shape index (κ1) is 10.4. The molecule has 1 rings (SSSR count). The molecule has 74 valence electrons. The Morgan fingerprint density at radius 1 is 1.54 bits per heavy atom. The molecule has 1 unspecified atom stereocenters. The predicted octanol–water partition coefficient (Wildman–Crippen LogP) is 1.49. The Morgan fingerprint density at radius 3 is 2.62 bits per heavy atom. The minimum absolute atomic E-state index is 0.0426. The summed E-state index contributed by atoms with van der Waals surface area (Å²) in [5, 5.41) is 0. The Kier molecular flexibility index (Phi) is 4.09. The van der Waals surface area contributed by atoms with Crippen LogP contribution in [0.4, 0.5) is 0 Å². The average molecular weight is 184 g/mol. The van der Waals surface area contributed by atoms with Crippen LogP contribution in [0.3, 0.4) is 0 Å². The standard InChI is InChI=1S/C10H16O3/c1-8(12)10(6-7-11)13-9-4-2-3-5-9/h7,9-10H,2-6H2,1H3. The van der Waals surface area contributed by atoms with E-state index in [1.807, 2.05) is 0 Å². The van der Waals surface area contributed by atoms with Crippen LogP contribution in [0.1, 0.15) is 39.0 Å². The minimum Gasteiger partial charge on any atom is -0.367 e. The zero-order valence-corrected chi connectivity index (χ0v) is 7.99. The fourth-order valence-electron chi connectivity index (χ4n) is 1.66. The Morgan fingerprint density at radius 2 is 2.15 bits per heavy atom. The number of Topliss-reactive ketones (excluding diaryl/α,β-unsaturated/α-hetero) is 1. The predicted molar refractivity (Wildman–Crippen MR) is 48.5 cm³/mol. The average Bonchev–Trinajstić information content (AvgIpc) is 2.56. The van der Waals surface area contributed by atoms with Crippen molar-refractivity contribution in [3.63, 3.8) is 0 Å². The fourth-order valence-corrected chi connectivity index (χ4v) is 1.66. The molecule has 0 amide bonds. The smallest absolute Gasteiger partial charge is 0.158 e. The van der Waals surface area contributed by atoms with E-state index in [0.717, 1.165) is 19.1 Å². The van der Waals surface area contributed by atoms with Gasteiger partial charge in [0.2, 0.25) is 0 Å². The molecule has 1 saturated carbocycles. The molecule has 3 nitrogen and oxygen atoms in total. The van der Waals surface area contributed by atoms with Crippen LogP contribution in [0.15, 0.2) is 0 Å². The summed E-state index contributed by atoms with van der Waals surface area (Å²) < 4.78 is 5.53. The van der Waals surface area contributed by atoms with Crippen LogP contribution in [0.25, 0.3) is 0 Å². The zero-order valence-electron chi connectivity index (χ0n) is 7.99. The van der Waals surface area contributed by atoms with Gasteiger partial charge in [-0.25, -0.2) is 0 Å². The molecule has 0 spiro atoms. The topological polar surface area (TPSA) is 43.4 Å². The van der Waals surface area contributed by atoms with Crippen molar-refractivity contribution in [2.75, 3.05) is 0 Å². The normalized spacial score (nSPS) is 20.1. The van der Waals surface area contributed by atoms with E-state index in [2.05, 4.69) is 0 Å². The van der Waals surface area contributed by atoms with Crippen molar-refractivity contribution in [3.05, 3.63) is 0 Å². The molecule has 0 radical (unpaired) electrons. The van der Waals surface area contributed by atoms with Crippen LogP contribution < -0.4 is 0 Å². The Bertz CT molecular complexity index is 183. The van der Waals surface area contributed by atoms with Gasteiger partial charge >= 0.3 is 0 Å². The molecule has 1 aliphatic carbocycles. The van der Waals surface area contributed by atoms with Crippen molar-refractivity contribution < 1.29 is 14.3 Å². The summed E-state index contributed by atoms with van der Waals surface area (Å²) in [5.74, 6) is -0.0426. The summed E-state index contributed by atoms with van der Waals surface area (Å²) in [7, 11) is 0. The summed E-state index contributed by atoms with van der Waals surface area (Å²) in [6.45, 7) is 1.48. The maximum atomic E-state index is 11.0. The summed E-state index contributed by atoms with van der Waals surface area (Å²) in [5.41, 5.74) is 0. The number of ketones is 1. The summed E-state index contributed by atoms with van der Waals surface area (Å²) >= 11 is 0. The molecule has 0 N–H and O–H groups in total. The molecule has 0 aliphatic heterocycles. The second kappa shape index (κ2) is 5.12. The molecule has 0 saturated heterocycles. The quantitative estimate of drug-likeness (QED) is 0.608. The van der Waals surface area contributed by atoms with E-state index in [1.165, 1.54) is 19.8 Å². The molecule has 0 aromatic rings. The largest absolute Gasteiger partial charge is 0.367 e. The van der Waals surface area contributed by atoms with Gasteiger partial charge in [-0.1, -0.05) is 12.8 Å². The lowest BCUT2D eigenvalue weighted by atomic mass is 10.2. The molecule has 0 aromatic heterocycles. The SMILES string of the molecule is CC(=O)C(CC=O)OC1CCCC1. The van der Waals surface area contributed by atoms with Crippen LogP contribution >= 0.6 is 0 Å². The van der Waals surface area contributed by atoms with E-state index >= 15 is 0 Å². The number of carbonyl (C=O) groups excluding carboxylic acids is 2. The molecule has 1 fully saturated rings. The number of hydrogen-bond donors (Lipinski definition) is 0. The van der Waals surface area contributed by atoms with Gasteiger partial charge in [0.1, 0.15) is 12.4 Å². The molecule has 0 bridgehead atoms. The van der Waals surface area contributed by atoms with Crippen LogP contribution in [0, 0.1) is 0 Å². The lowest BCUT2D eigenvalue weighted by Crippen LogP contribution is -2.26. The zero-order chi connectivity index (χ0) is 9.68. The Balaban J connectivity index is 2.36. The van der Waals surface area contributed by atoms with Crippen molar-refractivity contribution in [3.8, 4) is 0 Å². The Labute approximate surface area is 78.5 Å². The third-order valence-corrected chi connectivity index (χ3v) is 2.42. The van der Waals surface area contributed by atoms with Crippen molar-refractivity contribution in [1.82, 2.24) is 0 Å². The van der Waals surface area contributed by atoms with Gasteiger partial charge in [-0.3, -0.25) is 4.79 Å². The highest BCUT2D eigenvalue weighted by molar-refractivity contribution is 5.82. The van der Waals surface area contributed by atoms with Crippen molar-refractivity contribution in [2.24, 2.45) is 0 Å². The van der Waals surface area contributed by atoms with Gasteiger partial charge in [-0.15, -0.1) is 0 Å². The van der Waals surface area contributed by atoms with E-state index in [-0.39, 0.29) is 18.3 Å². The highest BCUT2D eigenvalue weighted by Crippen LogP contribution is 2.22. The van der Waals surface area contributed by atoms with Crippen LogP contribution in [-0.2, 0) is 14.3 Å². The maximum absolute atomic E-state index is 11.0. The number of aldehydes is 1. The number of hydrogen-bond acceptors (Lipinski definition) is 3. The van der Waals surface area contributed by atoms with Gasteiger partial charge in [-0.05, 0) is 19.8 Å². The van der Waals surface area contributed by atoms with E-state index in [0.29, 0.717) is 0 Å². The first-order valence-corrected chi connectivity index (χ1v) is 4.83. The number of ether oxygens (including phenoxy) is 1. The van der Waals surface area contributed by atoms with E-state index in [4.69, 9.17) is 4.74 Å². The molecule has 1 atom stereocenters. The Hall–Kier alpha value is -0.700. The second-order valence-corrected chi connectivity index (χ2v) is 3.54. The van der Waals surface area contributed by atoms with Gasteiger partial charge in [0.15, 0.2) is 5.78 Å². The summed E-state index contributed by atoms with van der Waals surface area (Å²) in [6.07, 6.45) is 5.07. The van der Waals surface area contributed by atoms with Gasteiger partial charge in [0, 0.05) is 6.42 Å². The number of rotatable bonds is 5. The lowest BCUT2D eigenvalue weighted by Gasteiger charge is -2.17.